The second kappa shape index (κ2) is 7.68. The number of hydrogen-bond acceptors (Lipinski definition) is 3. The largest absolute Gasteiger partial charge is 1.00 e. The third-order valence-electron chi connectivity index (χ3n) is 1.62. The number of aliphatic hydroxyl groups excluding tert-OH is 1. The average molecular weight is 238 g/mol. The molecule has 1 atom stereocenters. The van der Waals surface area contributed by atoms with Gasteiger partial charge in [0.05, 0.1) is 27.7 Å². The Morgan fingerprint density at radius 2 is 2.07 bits per heavy atom. The summed E-state index contributed by atoms with van der Waals surface area (Å²) < 4.78 is 5.44. The first-order chi connectivity index (χ1) is 6.35. The number of ether oxygens (including phenoxy) is 1. The molecule has 5 heteroatoms. The molecule has 0 aromatic carbocycles. The number of likely N-dealkylation sites (N-methyl/N-ethyl adjacent to an activating group) is 1. The van der Waals surface area contributed by atoms with Crippen molar-refractivity contribution in [2.75, 3.05) is 34.3 Å². The standard InChI is InChI=1S/C10H20NO3.ClH/c1-5-10(13)14-7-6-9(12)8-11(2,3)4;/h5,9,12H,1,6-8H2,2-4H3;1H/q+1;/p-1. The molecular weight excluding hydrogens is 218 g/mol. The number of halogens is 1. The molecule has 0 fully saturated rings. The Morgan fingerprint density at radius 3 is 2.47 bits per heavy atom. The number of esters is 1. The second-order valence-corrected chi connectivity index (χ2v) is 4.29. The molecular formula is C10H20ClNO3. The van der Waals surface area contributed by atoms with Crippen molar-refractivity contribution in [1.29, 1.82) is 0 Å². The number of quaternary nitrogens is 1. The molecule has 90 valence electrons. The van der Waals surface area contributed by atoms with Crippen molar-refractivity contribution in [1.82, 2.24) is 0 Å². The van der Waals surface area contributed by atoms with E-state index in [0.717, 1.165) is 6.08 Å². The Kier molecular flexibility index (Phi) is 8.62. The Labute approximate surface area is 97.5 Å². The van der Waals surface area contributed by atoms with Crippen molar-refractivity contribution >= 4 is 5.97 Å². The van der Waals surface area contributed by atoms with Crippen molar-refractivity contribution < 1.29 is 31.5 Å². The minimum absolute atomic E-state index is 0. The molecule has 0 rings (SSSR count). The monoisotopic (exact) mass is 237 g/mol. The minimum Gasteiger partial charge on any atom is -1.00 e. The molecule has 0 saturated heterocycles. The fourth-order valence-electron chi connectivity index (χ4n) is 1.08. The van der Waals surface area contributed by atoms with Crippen molar-refractivity contribution in [3.8, 4) is 0 Å². The predicted molar refractivity (Wildman–Crippen MR) is 54.7 cm³/mol. The summed E-state index contributed by atoms with van der Waals surface area (Å²) in [5.41, 5.74) is 0. The Bertz CT molecular complexity index is 201. The van der Waals surface area contributed by atoms with Crippen molar-refractivity contribution in [3.63, 3.8) is 0 Å². The van der Waals surface area contributed by atoms with Crippen LogP contribution >= 0.6 is 0 Å². The SMILES string of the molecule is C=CC(=O)OCCC(O)C[N+](C)(C)C.[Cl-]. The Hall–Kier alpha value is -0.580. The van der Waals surface area contributed by atoms with E-state index in [1.807, 2.05) is 21.1 Å². The van der Waals surface area contributed by atoms with Gasteiger partial charge in [0, 0.05) is 12.5 Å². The summed E-state index contributed by atoms with van der Waals surface area (Å²) >= 11 is 0. The van der Waals surface area contributed by atoms with E-state index >= 15 is 0 Å². The maximum absolute atomic E-state index is 10.7. The van der Waals surface area contributed by atoms with E-state index in [2.05, 4.69) is 6.58 Å². The molecule has 0 radical (unpaired) electrons. The lowest BCUT2D eigenvalue weighted by atomic mass is 10.2. The van der Waals surface area contributed by atoms with Crippen molar-refractivity contribution in [2.24, 2.45) is 0 Å². The van der Waals surface area contributed by atoms with Crippen LogP contribution in [0.25, 0.3) is 0 Å². The van der Waals surface area contributed by atoms with Crippen LogP contribution in [0.1, 0.15) is 6.42 Å². The van der Waals surface area contributed by atoms with Gasteiger partial charge in [0.25, 0.3) is 0 Å². The molecule has 1 unspecified atom stereocenters. The van der Waals surface area contributed by atoms with Crippen LogP contribution in [-0.2, 0) is 9.53 Å². The van der Waals surface area contributed by atoms with Crippen molar-refractivity contribution in [2.45, 2.75) is 12.5 Å². The lowest BCUT2D eigenvalue weighted by molar-refractivity contribution is -0.873. The summed E-state index contributed by atoms with van der Waals surface area (Å²) in [6, 6.07) is 0. The van der Waals surface area contributed by atoms with E-state index in [4.69, 9.17) is 4.74 Å². The topological polar surface area (TPSA) is 46.5 Å². The van der Waals surface area contributed by atoms with E-state index < -0.39 is 12.1 Å². The number of rotatable bonds is 6. The minimum atomic E-state index is -0.442. The normalized spacial score (nSPS) is 12.5. The smallest absolute Gasteiger partial charge is 0.330 e. The van der Waals surface area contributed by atoms with Crippen LogP contribution in [0.4, 0.5) is 0 Å². The lowest BCUT2D eigenvalue weighted by Crippen LogP contribution is -3.00. The molecule has 0 spiro atoms. The van der Waals surface area contributed by atoms with Gasteiger partial charge < -0.3 is 26.7 Å². The molecule has 0 aromatic heterocycles. The first kappa shape index (κ1) is 16.8. The van der Waals surface area contributed by atoms with Crippen LogP contribution < -0.4 is 12.4 Å². The number of carbonyl (C=O) groups is 1. The second-order valence-electron chi connectivity index (χ2n) is 4.29. The first-order valence-corrected chi connectivity index (χ1v) is 4.63. The van der Waals surface area contributed by atoms with Gasteiger partial charge in [-0.3, -0.25) is 0 Å². The molecule has 0 aliphatic rings. The molecule has 0 amide bonds. The van der Waals surface area contributed by atoms with Gasteiger partial charge in [-0.15, -0.1) is 0 Å². The van der Waals surface area contributed by atoms with E-state index in [1.165, 1.54) is 0 Å². The molecule has 0 saturated carbocycles. The third kappa shape index (κ3) is 11.3. The molecule has 0 aliphatic heterocycles. The van der Waals surface area contributed by atoms with Gasteiger partial charge in [0.1, 0.15) is 12.6 Å². The number of hydrogen-bond donors (Lipinski definition) is 1. The quantitative estimate of drug-likeness (QED) is 0.308. The zero-order valence-corrected chi connectivity index (χ0v) is 10.3. The van der Waals surface area contributed by atoms with E-state index in [9.17, 15) is 9.90 Å². The highest BCUT2D eigenvalue weighted by molar-refractivity contribution is 5.81. The molecule has 0 aromatic rings. The van der Waals surface area contributed by atoms with Gasteiger partial charge in [-0.2, -0.15) is 0 Å². The Morgan fingerprint density at radius 1 is 1.53 bits per heavy atom. The van der Waals surface area contributed by atoms with Crippen LogP contribution in [-0.4, -0.2) is 56.0 Å². The summed E-state index contributed by atoms with van der Waals surface area (Å²) in [7, 11) is 6.00. The highest BCUT2D eigenvalue weighted by atomic mass is 35.5. The fraction of sp³-hybridized carbons (Fsp3) is 0.700. The summed E-state index contributed by atoms with van der Waals surface area (Å²) in [5, 5.41) is 9.54. The summed E-state index contributed by atoms with van der Waals surface area (Å²) in [4.78, 5) is 10.7. The maximum atomic E-state index is 10.7. The van der Waals surface area contributed by atoms with Crippen LogP contribution in [0.15, 0.2) is 12.7 Å². The van der Waals surface area contributed by atoms with Crippen LogP contribution in [0.2, 0.25) is 0 Å². The van der Waals surface area contributed by atoms with Gasteiger partial charge in [-0.05, 0) is 0 Å². The van der Waals surface area contributed by atoms with Crippen LogP contribution in [0.5, 0.6) is 0 Å². The molecule has 0 aliphatic carbocycles. The van der Waals surface area contributed by atoms with Gasteiger partial charge >= 0.3 is 5.97 Å². The van der Waals surface area contributed by atoms with E-state index in [1.54, 1.807) is 0 Å². The highest BCUT2D eigenvalue weighted by Gasteiger charge is 2.15. The number of carbonyl (C=O) groups excluding carboxylic acids is 1. The van der Waals surface area contributed by atoms with Gasteiger partial charge in [-0.25, -0.2) is 4.79 Å². The molecule has 15 heavy (non-hydrogen) atoms. The zero-order chi connectivity index (χ0) is 11.2. The highest BCUT2D eigenvalue weighted by Crippen LogP contribution is 1.99. The first-order valence-electron chi connectivity index (χ1n) is 4.63. The van der Waals surface area contributed by atoms with E-state index in [0.29, 0.717) is 17.4 Å². The van der Waals surface area contributed by atoms with Crippen molar-refractivity contribution in [3.05, 3.63) is 12.7 Å². The summed E-state index contributed by atoms with van der Waals surface area (Å²) in [6.45, 7) is 4.16. The third-order valence-corrected chi connectivity index (χ3v) is 1.62. The number of nitrogens with zero attached hydrogens (tertiary/aromatic N) is 1. The Balaban J connectivity index is 0. The summed E-state index contributed by atoms with van der Waals surface area (Å²) in [5.74, 6) is -0.442. The van der Waals surface area contributed by atoms with E-state index in [-0.39, 0.29) is 19.0 Å². The molecule has 4 nitrogen and oxygen atoms in total. The fourth-order valence-corrected chi connectivity index (χ4v) is 1.08. The predicted octanol–water partition coefficient (Wildman–Crippen LogP) is -2.82. The van der Waals surface area contributed by atoms with Gasteiger partial charge in [0.15, 0.2) is 0 Å². The lowest BCUT2D eigenvalue weighted by Gasteiger charge is -2.26. The van der Waals surface area contributed by atoms with Gasteiger partial charge in [0.2, 0.25) is 0 Å². The van der Waals surface area contributed by atoms with Crippen LogP contribution in [0.3, 0.4) is 0 Å². The molecule has 0 bridgehead atoms. The molecule has 0 heterocycles. The molecule has 1 N–H and O–H groups in total. The van der Waals surface area contributed by atoms with Gasteiger partial charge in [-0.1, -0.05) is 6.58 Å². The maximum Gasteiger partial charge on any atom is 0.330 e. The zero-order valence-electron chi connectivity index (χ0n) is 9.57. The number of aliphatic hydroxyl groups is 1. The van der Waals surface area contributed by atoms with Crippen LogP contribution in [0, 0.1) is 0 Å². The summed E-state index contributed by atoms with van der Waals surface area (Å²) in [6.07, 6.45) is 1.15. The average Bonchev–Trinajstić information content (AvgIpc) is 2.00.